The van der Waals surface area contributed by atoms with E-state index in [4.69, 9.17) is 0 Å². The summed E-state index contributed by atoms with van der Waals surface area (Å²) < 4.78 is 38.4. The highest BCUT2D eigenvalue weighted by Gasteiger charge is 2.33. The lowest BCUT2D eigenvalue weighted by atomic mass is 10.1. The van der Waals surface area contributed by atoms with E-state index in [1.54, 1.807) is 11.8 Å². The van der Waals surface area contributed by atoms with E-state index in [2.05, 4.69) is 10.3 Å². The first-order valence-corrected chi connectivity index (χ1v) is 8.09. The molecular formula is C15H16F3N3OS. The number of halogens is 3. The van der Waals surface area contributed by atoms with Crippen molar-refractivity contribution in [2.45, 2.75) is 26.1 Å². The van der Waals surface area contributed by atoms with Crippen LogP contribution in [0.3, 0.4) is 0 Å². The lowest BCUT2D eigenvalue weighted by Gasteiger charge is -2.33. The van der Waals surface area contributed by atoms with Gasteiger partial charge in [0.15, 0.2) is 0 Å². The maximum absolute atomic E-state index is 12.8. The molecule has 1 aliphatic heterocycles. The van der Waals surface area contributed by atoms with Crippen molar-refractivity contribution in [2.75, 3.05) is 19.6 Å². The van der Waals surface area contributed by atoms with Crippen LogP contribution in [0.5, 0.6) is 0 Å². The smallest absolute Gasteiger partial charge is 0.333 e. The monoisotopic (exact) mass is 343 g/mol. The molecule has 23 heavy (non-hydrogen) atoms. The Morgan fingerprint density at radius 2 is 2.17 bits per heavy atom. The van der Waals surface area contributed by atoms with Gasteiger partial charge in [0.25, 0.3) is 5.91 Å². The molecule has 8 heteroatoms. The first-order valence-electron chi connectivity index (χ1n) is 7.28. The third-order valence-electron chi connectivity index (χ3n) is 4.05. The van der Waals surface area contributed by atoms with Crippen molar-refractivity contribution in [3.05, 3.63) is 28.3 Å². The third kappa shape index (κ3) is 2.92. The summed E-state index contributed by atoms with van der Waals surface area (Å²) >= 11 is 1.04. The van der Waals surface area contributed by atoms with Crippen LogP contribution in [0, 0.1) is 6.92 Å². The quantitative estimate of drug-likeness (QED) is 0.866. The summed E-state index contributed by atoms with van der Waals surface area (Å²) in [6.45, 7) is 5.73. The summed E-state index contributed by atoms with van der Waals surface area (Å²) in [5.41, 5.74) is -0.234. The van der Waals surface area contributed by atoms with Crippen molar-refractivity contribution < 1.29 is 18.0 Å². The van der Waals surface area contributed by atoms with Gasteiger partial charge in [0.1, 0.15) is 10.5 Å². The summed E-state index contributed by atoms with van der Waals surface area (Å²) in [6.07, 6.45) is -4.48. The first-order chi connectivity index (χ1) is 10.8. The van der Waals surface area contributed by atoms with E-state index in [0.717, 1.165) is 23.9 Å². The maximum atomic E-state index is 12.8. The summed E-state index contributed by atoms with van der Waals surface area (Å²) in [5.74, 6) is -0.131. The maximum Gasteiger partial charge on any atom is 0.433 e. The number of pyridine rings is 1. The van der Waals surface area contributed by atoms with E-state index < -0.39 is 11.9 Å². The number of carbonyl (C=O) groups excluding carboxylic acids is 1. The van der Waals surface area contributed by atoms with E-state index in [-0.39, 0.29) is 16.8 Å². The van der Waals surface area contributed by atoms with Crippen molar-refractivity contribution in [1.82, 2.24) is 15.2 Å². The molecule has 1 amide bonds. The fraction of sp³-hybridized carbons (Fsp3) is 0.467. The Hall–Kier alpha value is -1.67. The van der Waals surface area contributed by atoms with Gasteiger partial charge in [-0.1, -0.05) is 0 Å². The van der Waals surface area contributed by atoms with Crippen LogP contribution in [0.4, 0.5) is 13.2 Å². The average molecular weight is 343 g/mol. The van der Waals surface area contributed by atoms with Gasteiger partial charge in [0.05, 0.1) is 4.88 Å². The molecule has 3 heterocycles. The molecule has 0 saturated carbocycles. The largest absolute Gasteiger partial charge is 0.433 e. The van der Waals surface area contributed by atoms with Crippen molar-refractivity contribution in [3.63, 3.8) is 0 Å². The second kappa shape index (κ2) is 5.76. The number of piperazine rings is 1. The van der Waals surface area contributed by atoms with E-state index in [1.807, 2.05) is 6.92 Å². The highest BCUT2D eigenvalue weighted by atomic mass is 32.1. The van der Waals surface area contributed by atoms with Gasteiger partial charge in [-0.25, -0.2) is 4.98 Å². The summed E-state index contributed by atoms with van der Waals surface area (Å²) in [5, 5.41) is 3.81. The van der Waals surface area contributed by atoms with Crippen molar-refractivity contribution in [2.24, 2.45) is 0 Å². The second-order valence-electron chi connectivity index (χ2n) is 5.65. The summed E-state index contributed by atoms with van der Waals surface area (Å²) in [6, 6.07) is 2.41. The number of nitrogens with zero attached hydrogens (tertiary/aromatic N) is 2. The molecule has 0 radical (unpaired) electrons. The van der Waals surface area contributed by atoms with E-state index in [9.17, 15) is 18.0 Å². The molecule has 4 nitrogen and oxygen atoms in total. The number of fused-ring (bicyclic) bond motifs is 1. The number of hydrogen-bond donors (Lipinski definition) is 1. The third-order valence-corrected chi connectivity index (χ3v) is 5.24. The number of amides is 1. The Morgan fingerprint density at radius 1 is 1.43 bits per heavy atom. The van der Waals surface area contributed by atoms with Crippen LogP contribution in [-0.2, 0) is 6.18 Å². The Labute approximate surface area is 135 Å². The van der Waals surface area contributed by atoms with Gasteiger partial charge in [-0.3, -0.25) is 4.79 Å². The Morgan fingerprint density at radius 3 is 2.83 bits per heavy atom. The predicted octanol–water partition coefficient (Wildman–Crippen LogP) is 3.06. The number of rotatable bonds is 1. The molecule has 0 aliphatic carbocycles. The van der Waals surface area contributed by atoms with Crippen LogP contribution in [0.1, 0.15) is 27.9 Å². The number of nitrogens with one attached hydrogen (secondary N) is 1. The lowest BCUT2D eigenvalue weighted by Crippen LogP contribution is -2.52. The Bertz CT molecular complexity index is 756. The van der Waals surface area contributed by atoms with Crippen LogP contribution in [-0.4, -0.2) is 41.5 Å². The molecule has 0 aromatic carbocycles. The van der Waals surface area contributed by atoms with Gasteiger partial charge in [0.2, 0.25) is 0 Å². The molecule has 1 unspecified atom stereocenters. The molecule has 3 rings (SSSR count). The molecule has 2 aromatic heterocycles. The molecule has 1 aliphatic rings. The molecule has 0 bridgehead atoms. The topological polar surface area (TPSA) is 45.2 Å². The predicted molar refractivity (Wildman–Crippen MR) is 82.7 cm³/mol. The fourth-order valence-corrected chi connectivity index (χ4v) is 3.87. The number of aryl methyl sites for hydroxylation is 1. The van der Waals surface area contributed by atoms with E-state index in [0.29, 0.717) is 28.9 Å². The van der Waals surface area contributed by atoms with Crippen LogP contribution in [0.2, 0.25) is 0 Å². The van der Waals surface area contributed by atoms with Crippen LogP contribution in [0.15, 0.2) is 12.1 Å². The zero-order chi connectivity index (χ0) is 16.8. The van der Waals surface area contributed by atoms with Gasteiger partial charge >= 0.3 is 6.18 Å². The number of hydrogen-bond acceptors (Lipinski definition) is 4. The van der Waals surface area contributed by atoms with Gasteiger partial charge in [-0.15, -0.1) is 11.3 Å². The number of alkyl halides is 3. The molecular weight excluding hydrogens is 327 g/mol. The zero-order valence-electron chi connectivity index (χ0n) is 12.7. The molecule has 1 atom stereocenters. The Balaban J connectivity index is 2.01. The molecule has 1 fully saturated rings. The van der Waals surface area contributed by atoms with Crippen molar-refractivity contribution in [1.29, 1.82) is 0 Å². The summed E-state index contributed by atoms with van der Waals surface area (Å²) in [4.78, 5) is 18.9. The average Bonchev–Trinajstić information content (AvgIpc) is 2.83. The normalized spacial score (nSPS) is 19.3. The van der Waals surface area contributed by atoms with Crippen LogP contribution in [0.25, 0.3) is 10.2 Å². The highest BCUT2D eigenvalue weighted by molar-refractivity contribution is 7.20. The minimum atomic E-state index is -4.48. The van der Waals surface area contributed by atoms with Crippen LogP contribution >= 0.6 is 11.3 Å². The molecule has 1 N–H and O–H groups in total. The van der Waals surface area contributed by atoms with Gasteiger partial charge in [-0.2, -0.15) is 13.2 Å². The standard InChI is InChI=1S/C15H16F3N3OS/c1-8-7-19-5-6-21(8)14(22)12-9(2)10-3-4-11(15(16,17)18)20-13(10)23-12/h3-4,8,19H,5-7H2,1-2H3. The minimum Gasteiger partial charge on any atom is -0.333 e. The fourth-order valence-electron chi connectivity index (χ4n) is 2.73. The number of aromatic nitrogens is 1. The SMILES string of the molecule is Cc1c(C(=O)N2CCNCC2C)sc2nc(C(F)(F)F)ccc12. The van der Waals surface area contributed by atoms with Crippen molar-refractivity contribution >= 4 is 27.5 Å². The van der Waals surface area contributed by atoms with Gasteiger partial charge < -0.3 is 10.2 Å². The lowest BCUT2D eigenvalue weighted by molar-refractivity contribution is -0.140. The summed E-state index contributed by atoms with van der Waals surface area (Å²) in [7, 11) is 0. The van der Waals surface area contributed by atoms with Gasteiger partial charge in [0, 0.05) is 31.1 Å². The number of thiophene rings is 1. The van der Waals surface area contributed by atoms with Gasteiger partial charge in [-0.05, 0) is 31.5 Å². The van der Waals surface area contributed by atoms with Crippen LogP contribution < -0.4 is 5.32 Å². The molecule has 0 spiro atoms. The van der Waals surface area contributed by atoms with E-state index in [1.165, 1.54) is 6.07 Å². The molecule has 2 aromatic rings. The second-order valence-corrected chi connectivity index (χ2v) is 6.65. The van der Waals surface area contributed by atoms with Crippen molar-refractivity contribution in [3.8, 4) is 0 Å². The zero-order valence-corrected chi connectivity index (χ0v) is 13.5. The number of carbonyl (C=O) groups is 1. The Kier molecular flexibility index (Phi) is 4.05. The first kappa shape index (κ1) is 16.2. The molecule has 124 valence electrons. The highest BCUT2D eigenvalue weighted by Crippen LogP contribution is 2.34. The van der Waals surface area contributed by atoms with E-state index >= 15 is 0 Å². The minimum absolute atomic E-state index is 0.0551. The molecule has 1 saturated heterocycles.